The van der Waals surface area contributed by atoms with E-state index in [1.807, 2.05) is 19.1 Å². The SMILES string of the molecule is CCOC(=O)c1ccccc1NS(=O)(=O)c1c(C)cc(C)cc1C. The maximum Gasteiger partial charge on any atom is 0.340 e. The van der Waals surface area contributed by atoms with E-state index < -0.39 is 16.0 Å². The average Bonchev–Trinajstić information content (AvgIpc) is 2.46. The van der Waals surface area contributed by atoms with E-state index in [-0.39, 0.29) is 22.8 Å². The van der Waals surface area contributed by atoms with Crippen molar-refractivity contribution < 1.29 is 17.9 Å². The molecule has 0 saturated carbocycles. The molecule has 24 heavy (non-hydrogen) atoms. The van der Waals surface area contributed by atoms with Crippen LogP contribution >= 0.6 is 0 Å². The number of aryl methyl sites for hydroxylation is 3. The quantitative estimate of drug-likeness (QED) is 0.839. The number of hydrogen-bond donors (Lipinski definition) is 1. The second-order valence-corrected chi connectivity index (χ2v) is 7.22. The highest BCUT2D eigenvalue weighted by molar-refractivity contribution is 7.92. The first-order chi connectivity index (χ1) is 11.3. The van der Waals surface area contributed by atoms with Gasteiger partial charge in [0.25, 0.3) is 10.0 Å². The molecular weight excluding hydrogens is 326 g/mol. The van der Waals surface area contributed by atoms with Gasteiger partial charge < -0.3 is 4.74 Å². The smallest absolute Gasteiger partial charge is 0.340 e. The molecule has 0 saturated heterocycles. The number of para-hydroxylation sites is 1. The molecule has 0 radical (unpaired) electrons. The summed E-state index contributed by atoms with van der Waals surface area (Å²) in [5, 5.41) is 0. The summed E-state index contributed by atoms with van der Waals surface area (Å²) in [5.74, 6) is -0.562. The summed E-state index contributed by atoms with van der Waals surface area (Å²) in [5.41, 5.74) is 2.71. The topological polar surface area (TPSA) is 72.5 Å². The van der Waals surface area contributed by atoms with E-state index in [0.29, 0.717) is 11.1 Å². The number of nitrogens with one attached hydrogen (secondary N) is 1. The van der Waals surface area contributed by atoms with Crippen molar-refractivity contribution in [3.8, 4) is 0 Å². The van der Waals surface area contributed by atoms with Crippen LogP contribution in [0.4, 0.5) is 5.69 Å². The number of anilines is 1. The Hall–Kier alpha value is -2.34. The minimum atomic E-state index is -3.82. The Bertz CT molecular complexity index is 849. The summed E-state index contributed by atoms with van der Waals surface area (Å²) in [6.07, 6.45) is 0. The number of rotatable bonds is 5. The molecule has 1 N–H and O–H groups in total. The maximum absolute atomic E-state index is 12.8. The summed E-state index contributed by atoms with van der Waals surface area (Å²) in [4.78, 5) is 12.2. The Balaban J connectivity index is 2.47. The first-order valence-corrected chi connectivity index (χ1v) is 9.11. The molecule has 0 atom stereocenters. The molecule has 2 aromatic carbocycles. The van der Waals surface area contributed by atoms with Crippen molar-refractivity contribution >= 4 is 21.7 Å². The van der Waals surface area contributed by atoms with Crippen LogP contribution in [0.25, 0.3) is 0 Å². The third kappa shape index (κ3) is 3.76. The van der Waals surface area contributed by atoms with Crippen molar-refractivity contribution in [1.82, 2.24) is 0 Å². The number of carbonyl (C=O) groups excluding carboxylic acids is 1. The first-order valence-electron chi connectivity index (χ1n) is 7.63. The fourth-order valence-electron chi connectivity index (χ4n) is 2.75. The van der Waals surface area contributed by atoms with E-state index in [9.17, 15) is 13.2 Å². The second kappa shape index (κ2) is 7.05. The number of sulfonamides is 1. The lowest BCUT2D eigenvalue weighted by molar-refractivity contribution is 0.0527. The molecule has 0 aliphatic rings. The van der Waals surface area contributed by atoms with Gasteiger partial charge in [-0.25, -0.2) is 13.2 Å². The zero-order chi connectivity index (χ0) is 17.9. The molecule has 128 valence electrons. The lowest BCUT2D eigenvalue weighted by Crippen LogP contribution is -2.18. The van der Waals surface area contributed by atoms with Crippen molar-refractivity contribution in [3.63, 3.8) is 0 Å². The number of esters is 1. The molecule has 0 aliphatic carbocycles. The van der Waals surface area contributed by atoms with Gasteiger partial charge in [0.05, 0.1) is 22.8 Å². The average molecular weight is 347 g/mol. The normalized spacial score (nSPS) is 11.2. The van der Waals surface area contributed by atoms with Gasteiger partial charge in [-0.15, -0.1) is 0 Å². The maximum atomic E-state index is 12.8. The highest BCUT2D eigenvalue weighted by Gasteiger charge is 2.22. The lowest BCUT2D eigenvalue weighted by atomic mass is 10.1. The Morgan fingerprint density at radius 3 is 2.25 bits per heavy atom. The molecule has 2 rings (SSSR count). The van der Waals surface area contributed by atoms with Crippen molar-refractivity contribution in [1.29, 1.82) is 0 Å². The fraction of sp³-hybridized carbons (Fsp3) is 0.278. The van der Waals surface area contributed by atoms with Crippen LogP contribution in [0.5, 0.6) is 0 Å². The highest BCUT2D eigenvalue weighted by Crippen LogP contribution is 2.26. The van der Waals surface area contributed by atoms with E-state index >= 15 is 0 Å². The Morgan fingerprint density at radius 2 is 1.67 bits per heavy atom. The van der Waals surface area contributed by atoms with Gasteiger partial charge in [-0.05, 0) is 51.0 Å². The molecule has 0 unspecified atom stereocenters. The molecule has 6 heteroatoms. The summed E-state index contributed by atoms with van der Waals surface area (Å²) in [7, 11) is -3.82. The molecule has 0 aliphatic heterocycles. The van der Waals surface area contributed by atoms with Gasteiger partial charge in [-0.3, -0.25) is 4.72 Å². The molecule has 0 bridgehead atoms. The largest absolute Gasteiger partial charge is 0.462 e. The summed E-state index contributed by atoms with van der Waals surface area (Å²) < 4.78 is 33.1. The van der Waals surface area contributed by atoms with Gasteiger partial charge in [0.15, 0.2) is 0 Å². The molecule has 0 fully saturated rings. The molecule has 0 amide bonds. The van der Waals surface area contributed by atoms with Crippen molar-refractivity contribution in [2.75, 3.05) is 11.3 Å². The van der Waals surface area contributed by atoms with E-state index in [1.54, 1.807) is 39.0 Å². The van der Waals surface area contributed by atoms with Crippen molar-refractivity contribution in [2.45, 2.75) is 32.6 Å². The molecular formula is C18H21NO4S. The van der Waals surface area contributed by atoms with Crippen LogP contribution in [0.2, 0.25) is 0 Å². The number of hydrogen-bond acceptors (Lipinski definition) is 4. The molecule has 0 spiro atoms. The molecule has 0 aromatic heterocycles. The van der Waals surface area contributed by atoms with Crippen LogP contribution in [0.15, 0.2) is 41.3 Å². The number of benzene rings is 2. The summed E-state index contributed by atoms with van der Waals surface area (Å²) >= 11 is 0. The molecule has 5 nitrogen and oxygen atoms in total. The third-order valence-electron chi connectivity index (χ3n) is 3.54. The van der Waals surface area contributed by atoms with Gasteiger partial charge in [0.2, 0.25) is 0 Å². The highest BCUT2D eigenvalue weighted by atomic mass is 32.2. The standard InChI is InChI=1S/C18H21NO4S/c1-5-23-18(20)15-8-6-7-9-16(15)19-24(21,22)17-13(3)10-12(2)11-14(17)4/h6-11,19H,5H2,1-4H3. The first kappa shape index (κ1) is 18.0. The zero-order valence-corrected chi connectivity index (χ0v) is 15.0. The summed E-state index contributed by atoms with van der Waals surface area (Å²) in [6, 6.07) is 10.0. The molecule has 0 heterocycles. The van der Waals surface area contributed by atoms with E-state index in [1.165, 1.54) is 6.07 Å². The van der Waals surface area contributed by atoms with Crippen LogP contribution in [-0.4, -0.2) is 21.0 Å². The van der Waals surface area contributed by atoms with Crippen LogP contribution in [-0.2, 0) is 14.8 Å². The van der Waals surface area contributed by atoms with Gasteiger partial charge in [-0.1, -0.05) is 29.8 Å². The number of carbonyl (C=O) groups is 1. The van der Waals surface area contributed by atoms with Gasteiger partial charge in [-0.2, -0.15) is 0 Å². The zero-order valence-electron chi connectivity index (χ0n) is 14.2. The van der Waals surface area contributed by atoms with Crippen molar-refractivity contribution in [2.24, 2.45) is 0 Å². The van der Waals surface area contributed by atoms with Crippen LogP contribution in [0, 0.1) is 20.8 Å². The minimum absolute atomic E-state index is 0.186. The fourth-order valence-corrected chi connectivity index (χ4v) is 4.28. The number of ether oxygens (including phenoxy) is 1. The van der Waals surface area contributed by atoms with Crippen LogP contribution in [0.3, 0.4) is 0 Å². The second-order valence-electron chi connectivity index (χ2n) is 5.60. The van der Waals surface area contributed by atoms with E-state index in [2.05, 4.69) is 4.72 Å². The van der Waals surface area contributed by atoms with E-state index in [4.69, 9.17) is 4.74 Å². The lowest BCUT2D eigenvalue weighted by Gasteiger charge is -2.15. The Morgan fingerprint density at radius 1 is 1.08 bits per heavy atom. The van der Waals surface area contributed by atoms with Gasteiger partial charge in [0, 0.05) is 0 Å². The van der Waals surface area contributed by atoms with E-state index in [0.717, 1.165) is 5.56 Å². The third-order valence-corrected chi connectivity index (χ3v) is 5.21. The van der Waals surface area contributed by atoms with Crippen LogP contribution in [0.1, 0.15) is 34.0 Å². The summed E-state index contributed by atoms with van der Waals surface area (Å²) in [6.45, 7) is 7.34. The van der Waals surface area contributed by atoms with Gasteiger partial charge >= 0.3 is 5.97 Å². The van der Waals surface area contributed by atoms with Crippen LogP contribution < -0.4 is 4.72 Å². The van der Waals surface area contributed by atoms with Crippen molar-refractivity contribution in [3.05, 3.63) is 58.7 Å². The minimum Gasteiger partial charge on any atom is -0.462 e. The van der Waals surface area contributed by atoms with Gasteiger partial charge in [0.1, 0.15) is 0 Å². The Labute approximate surface area is 142 Å². The Kier molecular flexibility index (Phi) is 5.29. The predicted molar refractivity (Wildman–Crippen MR) is 93.9 cm³/mol. The molecule has 2 aromatic rings. The predicted octanol–water partition coefficient (Wildman–Crippen LogP) is 3.59. The monoisotopic (exact) mass is 347 g/mol.